The van der Waals surface area contributed by atoms with E-state index in [-0.39, 0.29) is 11.6 Å². The van der Waals surface area contributed by atoms with Crippen LogP contribution in [0.4, 0.5) is 5.82 Å². The molecule has 0 unspecified atom stereocenters. The number of carboxylic acid groups (broad SMARTS) is 1. The van der Waals surface area contributed by atoms with Gasteiger partial charge < -0.3 is 10.0 Å². The molecule has 1 aromatic carbocycles. The van der Waals surface area contributed by atoms with Crippen LogP contribution in [0, 0.1) is 0 Å². The van der Waals surface area contributed by atoms with Crippen molar-refractivity contribution in [3.05, 3.63) is 42.1 Å². The molecule has 20 heavy (non-hydrogen) atoms. The van der Waals surface area contributed by atoms with E-state index in [1.807, 2.05) is 56.1 Å². The Morgan fingerprint density at radius 3 is 2.45 bits per heavy atom. The highest BCUT2D eigenvalue weighted by Gasteiger charge is 2.19. The number of carbonyl (C=O) groups is 1. The van der Waals surface area contributed by atoms with Gasteiger partial charge in [-0.05, 0) is 13.8 Å². The Labute approximate surface area is 117 Å². The van der Waals surface area contributed by atoms with E-state index in [9.17, 15) is 9.90 Å². The van der Waals surface area contributed by atoms with Gasteiger partial charge in [0.2, 0.25) is 0 Å². The number of hydrogen-bond donors (Lipinski definition) is 1. The Morgan fingerprint density at radius 2 is 1.90 bits per heavy atom. The normalized spacial score (nSPS) is 10.6. The predicted molar refractivity (Wildman–Crippen MR) is 78.0 cm³/mol. The van der Waals surface area contributed by atoms with Gasteiger partial charge in [0.15, 0.2) is 5.82 Å². The molecule has 2 rings (SSSR count). The van der Waals surface area contributed by atoms with E-state index in [2.05, 4.69) is 9.97 Å². The lowest BCUT2D eigenvalue weighted by atomic mass is 10.2. The summed E-state index contributed by atoms with van der Waals surface area (Å²) in [5.41, 5.74) is 0.976. The van der Waals surface area contributed by atoms with E-state index >= 15 is 0 Å². The number of anilines is 1. The number of rotatable bonds is 4. The fraction of sp³-hybridized carbons (Fsp3) is 0.267. The molecule has 2 aromatic rings. The SMILES string of the molecule is CC(C)N(C)c1nc(-c2ccccc2)ncc1C(=O)O. The monoisotopic (exact) mass is 271 g/mol. The summed E-state index contributed by atoms with van der Waals surface area (Å²) in [6, 6.07) is 9.65. The number of aromatic carboxylic acids is 1. The third-order valence-corrected chi connectivity index (χ3v) is 3.14. The lowest BCUT2D eigenvalue weighted by Gasteiger charge is -2.24. The first-order chi connectivity index (χ1) is 9.50. The molecule has 0 radical (unpaired) electrons. The number of nitrogens with zero attached hydrogens (tertiary/aromatic N) is 3. The van der Waals surface area contributed by atoms with Gasteiger partial charge in [-0.1, -0.05) is 30.3 Å². The lowest BCUT2D eigenvalue weighted by molar-refractivity contribution is 0.0696. The zero-order chi connectivity index (χ0) is 14.7. The first kappa shape index (κ1) is 14.0. The Bertz CT molecular complexity index is 612. The van der Waals surface area contributed by atoms with Gasteiger partial charge in [-0.25, -0.2) is 14.8 Å². The van der Waals surface area contributed by atoms with Crippen molar-refractivity contribution in [2.75, 3.05) is 11.9 Å². The van der Waals surface area contributed by atoms with Gasteiger partial charge in [0, 0.05) is 24.8 Å². The van der Waals surface area contributed by atoms with E-state index in [0.29, 0.717) is 11.6 Å². The second-order valence-corrected chi connectivity index (χ2v) is 4.81. The van der Waals surface area contributed by atoms with Crippen molar-refractivity contribution in [2.45, 2.75) is 19.9 Å². The van der Waals surface area contributed by atoms with Gasteiger partial charge in [-0.3, -0.25) is 0 Å². The Hall–Kier alpha value is -2.43. The molecule has 0 aliphatic heterocycles. The molecule has 1 heterocycles. The molecule has 0 amide bonds. The highest BCUT2D eigenvalue weighted by molar-refractivity contribution is 5.93. The molecule has 1 aromatic heterocycles. The van der Waals surface area contributed by atoms with Gasteiger partial charge in [0.1, 0.15) is 11.4 Å². The maximum absolute atomic E-state index is 11.3. The summed E-state index contributed by atoms with van der Waals surface area (Å²) in [6.45, 7) is 3.96. The third kappa shape index (κ3) is 2.77. The largest absolute Gasteiger partial charge is 0.477 e. The van der Waals surface area contributed by atoms with Crippen LogP contribution >= 0.6 is 0 Å². The fourth-order valence-electron chi connectivity index (χ4n) is 1.76. The van der Waals surface area contributed by atoms with Crippen molar-refractivity contribution < 1.29 is 9.90 Å². The van der Waals surface area contributed by atoms with E-state index in [1.54, 1.807) is 0 Å². The summed E-state index contributed by atoms with van der Waals surface area (Å²) in [7, 11) is 1.83. The number of hydrogen-bond acceptors (Lipinski definition) is 4. The second kappa shape index (κ2) is 5.69. The topological polar surface area (TPSA) is 66.3 Å². The van der Waals surface area contributed by atoms with Crippen molar-refractivity contribution in [2.24, 2.45) is 0 Å². The van der Waals surface area contributed by atoms with Gasteiger partial charge in [-0.15, -0.1) is 0 Å². The smallest absolute Gasteiger partial charge is 0.341 e. The lowest BCUT2D eigenvalue weighted by Crippen LogP contribution is -2.28. The van der Waals surface area contributed by atoms with Crippen LogP contribution in [-0.2, 0) is 0 Å². The van der Waals surface area contributed by atoms with E-state index in [1.165, 1.54) is 6.20 Å². The van der Waals surface area contributed by atoms with Gasteiger partial charge in [0.05, 0.1) is 0 Å². The molecule has 0 aliphatic rings. The molecule has 5 heteroatoms. The summed E-state index contributed by atoms with van der Waals surface area (Å²) in [5, 5.41) is 9.25. The minimum Gasteiger partial charge on any atom is -0.477 e. The average Bonchev–Trinajstić information content (AvgIpc) is 2.46. The molecule has 0 fully saturated rings. The highest BCUT2D eigenvalue weighted by atomic mass is 16.4. The molecule has 0 bridgehead atoms. The fourth-order valence-corrected chi connectivity index (χ4v) is 1.76. The molecule has 5 nitrogen and oxygen atoms in total. The molecule has 1 N–H and O–H groups in total. The molecule has 0 spiro atoms. The van der Waals surface area contributed by atoms with Crippen LogP contribution in [0.2, 0.25) is 0 Å². The minimum absolute atomic E-state index is 0.112. The number of aromatic nitrogens is 2. The van der Waals surface area contributed by atoms with E-state index in [0.717, 1.165) is 5.56 Å². The van der Waals surface area contributed by atoms with Crippen LogP contribution in [0.5, 0.6) is 0 Å². The molecular formula is C15H17N3O2. The maximum Gasteiger partial charge on any atom is 0.341 e. The molecule has 0 saturated heterocycles. The average molecular weight is 271 g/mol. The molecule has 0 atom stereocenters. The van der Waals surface area contributed by atoms with Gasteiger partial charge >= 0.3 is 5.97 Å². The van der Waals surface area contributed by atoms with Gasteiger partial charge in [-0.2, -0.15) is 0 Å². The van der Waals surface area contributed by atoms with Crippen LogP contribution in [0.1, 0.15) is 24.2 Å². The summed E-state index contributed by atoms with van der Waals surface area (Å²) < 4.78 is 0. The van der Waals surface area contributed by atoms with Crippen LogP contribution in [0.25, 0.3) is 11.4 Å². The Kier molecular flexibility index (Phi) is 3.98. The summed E-state index contributed by atoms with van der Waals surface area (Å²) in [5.74, 6) is -0.0634. The first-order valence-electron chi connectivity index (χ1n) is 6.39. The summed E-state index contributed by atoms with van der Waals surface area (Å²) in [4.78, 5) is 21.7. The molecular weight excluding hydrogens is 254 g/mol. The van der Waals surface area contributed by atoms with Crippen LogP contribution in [0.15, 0.2) is 36.5 Å². The standard InChI is InChI=1S/C15H17N3O2/c1-10(2)18(3)14-12(15(19)20)9-16-13(17-14)11-7-5-4-6-8-11/h4-10H,1-3H3,(H,19,20). The second-order valence-electron chi connectivity index (χ2n) is 4.81. The third-order valence-electron chi connectivity index (χ3n) is 3.14. The Balaban J connectivity index is 2.54. The van der Waals surface area contributed by atoms with Gasteiger partial charge in [0.25, 0.3) is 0 Å². The van der Waals surface area contributed by atoms with E-state index in [4.69, 9.17) is 0 Å². The van der Waals surface area contributed by atoms with Crippen molar-refractivity contribution in [1.82, 2.24) is 9.97 Å². The predicted octanol–water partition coefficient (Wildman–Crippen LogP) is 2.69. The van der Waals surface area contributed by atoms with Crippen LogP contribution < -0.4 is 4.90 Å². The minimum atomic E-state index is -1.02. The highest BCUT2D eigenvalue weighted by Crippen LogP contribution is 2.22. The first-order valence-corrected chi connectivity index (χ1v) is 6.39. The maximum atomic E-state index is 11.3. The molecule has 0 aliphatic carbocycles. The van der Waals surface area contributed by atoms with Crippen molar-refractivity contribution in [3.8, 4) is 11.4 Å². The Morgan fingerprint density at radius 1 is 1.25 bits per heavy atom. The summed E-state index contributed by atoms with van der Waals surface area (Å²) in [6.07, 6.45) is 1.37. The van der Waals surface area contributed by atoms with Crippen molar-refractivity contribution >= 4 is 11.8 Å². The number of benzene rings is 1. The van der Waals surface area contributed by atoms with Crippen molar-refractivity contribution in [3.63, 3.8) is 0 Å². The quantitative estimate of drug-likeness (QED) is 0.926. The van der Waals surface area contributed by atoms with Crippen LogP contribution in [-0.4, -0.2) is 34.1 Å². The van der Waals surface area contributed by atoms with Crippen molar-refractivity contribution in [1.29, 1.82) is 0 Å². The molecule has 0 saturated carbocycles. The summed E-state index contributed by atoms with van der Waals surface area (Å²) >= 11 is 0. The van der Waals surface area contributed by atoms with E-state index < -0.39 is 5.97 Å². The number of carboxylic acids is 1. The zero-order valence-corrected chi connectivity index (χ0v) is 11.7. The molecule has 104 valence electrons. The van der Waals surface area contributed by atoms with Crippen LogP contribution in [0.3, 0.4) is 0 Å². The zero-order valence-electron chi connectivity index (χ0n) is 11.7.